The predicted octanol–water partition coefficient (Wildman–Crippen LogP) is 0.0576. The summed E-state index contributed by atoms with van der Waals surface area (Å²) < 4.78 is 22.2. The van der Waals surface area contributed by atoms with Crippen molar-refractivity contribution >= 4 is 21.6 Å². The summed E-state index contributed by atoms with van der Waals surface area (Å²) in [6.45, 7) is 1.61. The van der Waals surface area contributed by atoms with Crippen LogP contribution in [0.2, 0.25) is 0 Å². The summed E-state index contributed by atoms with van der Waals surface area (Å²) in [6, 6.07) is 0. The van der Waals surface area contributed by atoms with E-state index in [4.69, 9.17) is 11.6 Å². The molecular formula is C5H13ClN2O2S. The van der Waals surface area contributed by atoms with E-state index in [9.17, 15) is 8.42 Å². The van der Waals surface area contributed by atoms with Crippen molar-refractivity contribution in [1.82, 2.24) is 10.3 Å². The van der Waals surface area contributed by atoms with Gasteiger partial charge in [0.2, 0.25) is 10.0 Å². The predicted molar refractivity (Wildman–Crippen MR) is 45.9 cm³/mol. The minimum Gasteiger partial charge on any atom is -0.247 e. The number of hydrogen-bond acceptors (Lipinski definition) is 3. The fourth-order valence-corrected chi connectivity index (χ4v) is 1.92. The second-order valence-corrected chi connectivity index (χ2v) is 4.66. The average Bonchev–Trinajstić information content (AvgIpc) is 1.88. The maximum atomic E-state index is 11.1. The van der Waals surface area contributed by atoms with Crippen molar-refractivity contribution in [1.29, 1.82) is 0 Å². The first-order valence-corrected chi connectivity index (χ1v) is 5.36. The molecule has 6 heteroatoms. The van der Waals surface area contributed by atoms with Crippen molar-refractivity contribution in [2.24, 2.45) is 0 Å². The van der Waals surface area contributed by atoms with Crippen LogP contribution < -0.4 is 10.3 Å². The van der Waals surface area contributed by atoms with Crippen molar-refractivity contribution in [3.8, 4) is 0 Å². The molecule has 11 heavy (non-hydrogen) atoms. The van der Waals surface area contributed by atoms with Gasteiger partial charge in [-0.2, -0.15) is 4.83 Å². The van der Waals surface area contributed by atoms with E-state index in [0.717, 1.165) is 0 Å². The molecule has 0 heterocycles. The van der Waals surface area contributed by atoms with Gasteiger partial charge in [-0.1, -0.05) is 0 Å². The SMILES string of the molecule is CNNS(=O)(=O)C(C)CCCl. The van der Waals surface area contributed by atoms with Crippen molar-refractivity contribution in [2.45, 2.75) is 18.6 Å². The Bertz CT molecular complexity index is 193. The third-order valence-corrected chi connectivity index (χ3v) is 3.29. The summed E-state index contributed by atoms with van der Waals surface area (Å²) >= 11 is 5.39. The van der Waals surface area contributed by atoms with Gasteiger partial charge in [0, 0.05) is 5.88 Å². The lowest BCUT2D eigenvalue weighted by molar-refractivity contribution is 0.555. The van der Waals surface area contributed by atoms with Gasteiger partial charge in [0.1, 0.15) is 0 Å². The molecule has 1 atom stereocenters. The van der Waals surface area contributed by atoms with E-state index < -0.39 is 15.3 Å². The molecular weight excluding hydrogens is 188 g/mol. The lowest BCUT2D eigenvalue weighted by Gasteiger charge is -2.10. The summed E-state index contributed by atoms with van der Waals surface area (Å²) in [6.07, 6.45) is 0.457. The molecule has 0 bridgehead atoms. The van der Waals surface area contributed by atoms with Crippen molar-refractivity contribution in [2.75, 3.05) is 12.9 Å². The molecule has 0 fully saturated rings. The normalized spacial score (nSPS) is 14.8. The Morgan fingerprint density at radius 3 is 2.45 bits per heavy atom. The highest BCUT2D eigenvalue weighted by Gasteiger charge is 2.18. The Morgan fingerprint density at radius 2 is 2.09 bits per heavy atom. The first kappa shape index (κ1) is 11.2. The zero-order chi connectivity index (χ0) is 8.91. The molecule has 0 saturated heterocycles. The minimum absolute atomic E-state index is 0.353. The molecule has 0 radical (unpaired) electrons. The average molecular weight is 201 g/mol. The Labute approximate surface area is 72.3 Å². The van der Waals surface area contributed by atoms with Crippen LogP contribution in [0.1, 0.15) is 13.3 Å². The van der Waals surface area contributed by atoms with Crippen LogP contribution in [-0.2, 0) is 10.0 Å². The maximum Gasteiger partial charge on any atom is 0.226 e. The number of hydrogen-bond donors (Lipinski definition) is 2. The summed E-state index contributed by atoms with van der Waals surface area (Å²) in [5.41, 5.74) is 2.37. The monoisotopic (exact) mass is 200 g/mol. The molecule has 0 aromatic carbocycles. The maximum absolute atomic E-state index is 11.1. The van der Waals surface area contributed by atoms with Crippen molar-refractivity contribution in [3.05, 3.63) is 0 Å². The molecule has 0 spiro atoms. The molecule has 0 aromatic heterocycles. The zero-order valence-corrected chi connectivity index (χ0v) is 8.17. The first-order chi connectivity index (χ1) is 5.04. The topological polar surface area (TPSA) is 58.2 Å². The van der Waals surface area contributed by atoms with Crippen LogP contribution in [0.15, 0.2) is 0 Å². The standard InChI is InChI=1S/C5H13ClN2O2S/c1-5(3-4-6)11(9,10)8-7-2/h5,7-8H,3-4H2,1-2H3. The third-order valence-electron chi connectivity index (χ3n) is 1.29. The zero-order valence-electron chi connectivity index (χ0n) is 6.59. The lowest BCUT2D eigenvalue weighted by Crippen LogP contribution is -2.40. The highest BCUT2D eigenvalue weighted by molar-refractivity contribution is 7.90. The molecule has 0 aromatic rings. The number of sulfonamides is 1. The molecule has 0 aliphatic rings. The van der Waals surface area contributed by atoms with Gasteiger partial charge in [0.25, 0.3) is 0 Å². The minimum atomic E-state index is -3.22. The van der Waals surface area contributed by atoms with Gasteiger partial charge in [-0.25, -0.2) is 13.8 Å². The van der Waals surface area contributed by atoms with E-state index in [1.165, 1.54) is 7.05 Å². The highest BCUT2D eigenvalue weighted by Crippen LogP contribution is 2.03. The Hall–Kier alpha value is 0.160. The van der Waals surface area contributed by atoms with Gasteiger partial charge in [0.05, 0.1) is 5.25 Å². The molecule has 68 valence electrons. The number of alkyl halides is 1. The highest BCUT2D eigenvalue weighted by atomic mass is 35.5. The quantitative estimate of drug-likeness (QED) is 0.488. The number of halogens is 1. The van der Waals surface area contributed by atoms with Crippen LogP contribution in [0.4, 0.5) is 0 Å². The number of nitrogens with one attached hydrogen (secondary N) is 2. The Balaban J connectivity index is 4.07. The summed E-state index contributed by atoms with van der Waals surface area (Å²) in [5.74, 6) is 0.353. The van der Waals surface area contributed by atoms with Crippen LogP contribution >= 0.6 is 11.6 Å². The van der Waals surface area contributed by atoms with Crippen LogP contribution in [0.5, 0.6) is 0 Å². The van der Waals surface area contributed by atoms with Crippen molar-refractivity contribution < 1.29 is 8.42 Å². The van der Waals surface area contributed by atoms with E-state index in [2.05, 4.69) is 10.3 Å². The van der Waals surface area contributed by atoms with Gasteiger partial charge in [0.15, 0.2) is 0 Å². The Kier molecular flexibility index (Phi) is 4.99. The second-order valence-electron chi connectivity index (χ2n) is 2.19. The molecule has 0 saturated carbocycles. The molecule has 2 N–H and O–H groups in total. The fraction of sp³-hybridized carbons (Fsp3) is 1.00. The molecule has 1 unspecified atom stereocenters. The van der Waals surface area contributed by atoms with Crippen LogP contribution in [0, 0.1) is 0 Å². The van der Waals surface area contributed by atoms with Crippen LogP contribution in [0.3, 0.4) is 0 Å². The summed E-state index contributed by atoms with van der Waals surface area (Å²) in [4.78, 5) is 2.17. The molecule has 0 aliphatic carbocycles. The van der Waals surface area contributed by atoms with Gasteiger partial charge in [-0.3, -0.25) is 0 Å². The number of hydrazine groups is 1. The molecule has 0 aliphatic heterocycles. The second kappa shape index (κ2) is 4.92. The van der Waals surface area contributed by atoms with Crippen LogP contribution in [0.25, 0.3) is 0 Å². The van der Waals surface area contributed by atoms with Gasteiger partial charge >= 0.3 is 0 Å². The van der Waals surface area contributed by atoms with Gasteiger partial charge in [-0.05, 0) is 20.4 Å². The number of rotatable bonds is 5. The summed E-state index contributed by atoms with van der Waals surface area (Å²) in [7, 11) is -1.71. The van der Waals surface area contributed by atoms with E-state index in [1.54, 1.807) is 6.92 Å². The van der Waals surface area contributed by atoms with Gasteiger partial charge < -0.3 is 0 Å². The summed E-state index contributed by atoms with van der Waals surface area (Å²) in [5, 5.41) is -0.451. The van der Waals surface area contributed by atoms with E-state index in [-0.39, 0.29) is 0 Å². The molecule has 4 nitrogen and oxygen atoms in total. The molecule has 0 amide bonds. The van der Waals surface area contributed by atoms with Crippen LogP contribution in [-0.4, -0.2) is 26.6 Å². The van der Waals surface area contributed by atoms with Crippen molar-refractivity contribution in [3.63, 3.8) is 0 Å². The first-order valence-electron chi connectivity index (χ1n) is 3.28. The van der Waals surface area contributed by atoms with Gasteiger partial charge in [-0.15, -0.1) is 11.6 Å². The fourth-order valence-electron chi connectivity index (χ4n) is 0.552. The van der Waals surface area contributed by atoms with E-state index >= 15 is 0 Å². The Morgan fingerprint density at radius 1 is 1.55 bits per heavy atom. The van der Waals surface area contributed by atoms with E-state index in [1.807, 2.05) is 0 Å². The lowest BCUT2D eigenvalue weighted by atomic mass is 10.4. The largest absolute Gasteiger partial charge is 0.247 e. The smallest absolute Gasteiger partial charge is 0.226 e. The third kappa shape index (κ3) is 3.91. The van der Waals surface area contributed by atoms with E-state index in [0.29, 0.717) is 12.3 Å². The molecule has 0 rings (SSSR count).